The second-order valence-electron chi connectivity index (χ2n) is 7.46. The third-order valence-corrected chi connectivity index (χ3v) is 5.66. The molecular formula is C18H30N4O4. The van der Waals surface area contributed by atoms with E-state index in [1.165, 1.54) is 13.1 Å². The van der Waals surface area contributed by atoms with Crippen molar-refractivity contribution < 1.29 is 18.8 Å². The van der Waals surface area contributed by atoms with Crippen molar-refractivity contribution in [3.63, 3.8) is 0 Å². The summed E-state index contributed by atoms with van der Waals surface area (Å²) in [5.41, 5.74) is 0.237. The summed E-state index contributed by atoms with van der Waals surface area (Å²) in [6.07, 6.45) is 2.73. The van der Waals surface area contributed by atoms with Crippen LogP contribution in [0.1, 0.15) is 56.3 Å². The van der Waals surface area contributed by atoms with E-state index < -0.39 is 6.09 Å². The van der Waals surface area contributed by atoms with E-state index in [1.807, 2.05) is 0 Å². The monoisotopic (exact) mass is 366 g/mol. The van der Waals surface area contributed by atoms with Crippen LogP contribution in [0.4, 0.5) is 4.79 Å². The molecule has 0 spiro atoms. The quantitative estimate of drug-likeness (QED) is 0.682. The summed E-state index contributed by atoms with van der Waals surface area (Å²) in [6.45, 7) is 9.02. The Morgan fingerprint density at radius 2 is 2.08 bits per heavy atom. The molecule has 1 aliphatic heterocycles. The molecule has 1 aliphatic rings. The van der Waals surface area contributed by atoms with Gasteiger partial charge in [0, 0.05) is 18.5 Å². The highest BCUT2D eigenvalue weighted by Gasteiger charge is 2.44. The normalized spacial score (nSPS) is 16.8. The standard InChI is InChI=1S/C18H30N4O4/c1-5-18(6-8-20-9-7-18)17(2,3)12-25-16(24)21-11-13-10-14(22-26-13)15(23)19-4/h10,20H,5-9,11-12H2,1-4H3,(H,19,23)(H,21,24). The second-order valence-corrected chi connectivity index (χ2v) is 7.46. The van der Waals surface area contributed by atoms with Crippen molar-refractivity contribution in [3.8, 4) is 0 Å². The van der Waals surface area contributed by atoms with Gasteiger partial charge in [0.2, 0.25) is 0 Å². The summed E-state index contributed by atoms with van der Waals surface area (Å²) in [4.78, 5) is 23.5. The summed E-state index contributed by atoms with van der Waals surface area (Å²) < 4.78 is 10.5. The Labute approximate surface area is 154 Å². The van der Waals surface area contributed by atoms with Gasteiger partial charge in [0.25, 0.3) is 5.91 Å². The van der Waals surface area contributed by atoms with Gasteiger partial charge in [0.1, 0.15) is 0 Å². The number of alkyl carbamates (subject to hydrolysis) is 1. The Bertz CT molecular complexity index is 620. The van der Waals surface area contributed by atoms with Crippen LogP contribution in [0.15, 0.2) is 10.6 Å². The van der Waals surface area contributed by atoms with Crippen molar-refractivity contribution in [2.24, 2.45) is 10.8 Å². The van der Waals surface area contributed by atoms with Crippen molar-refractivity contribution >= 4 is 12.0 Å². The van der Waals surface area contributed by atoms with Gasteiger partial charge in [0.05, 0.1) is 13.2 Å². The number of aromatic nitrogens is 1. The third-order valence-electron chi connectivity index (χ3n) is 5.66. The zero-order chi connectivity index (χ0) is 19.2. The minimum absolute atomic E-state index is 0.111. The highest BCUT2D eigenvalue weighted by atomic mass is 16.5. The summed E-state index contributed by atoms with van der Waals surface area (Å²) in [5.74, 6) is 0.0550. The maximum Gasteiger partial charge on any atom is 0.407 e. The molecule has 26 heavy (non-hydrogen) atoms. The molecule has 0 unspecified atom stereocenters. The van der Waals surface area contributed by atoms with Gasteiger partial charge >= 0.3 is 6.09 Å². The van der Waals surface area contributed by atoms with Crippen LogP contribution in [0.2, 0.25) is 0 Å². The van der Waals surface area contributed by atoms with E-state index >= 15 is 0 Å². The fourth-order valence-electron chi connectivity index (χ4n) is 3.65. The van der Waals surface area contributed by atoms with Gasteiger partial charge in [-0.15, -0.1) is 0 Å². The van der Waals surface area contributed by atoms with Crippen LogP contribution in [0, 0.1) is 10.8 Å². The molecule has 2 rings (SSSR count). The lowest BCUT2D eigenvalue weighted by molar-refractivity contribution is -0.0239. The number of nitrogens with one attached hydrogen (secondary N) is 3. The van der Waals surface area contributed by atoms with Crippen molar-refractivity contribution in [2.75, 3.05) is 26.7 Å². The van der Waals surface area contributed by atoms with Gasteiger partial charge < -0.3 is 25.2 Å². The van der Waals surface area contributed by atoms with Gasteiger partial charge in [-0.05, 0) is 37.8 Å². The minimum Gasteiger partial charge on any atom is -0.449 e. The Hall–Kier alpha value is -2.09. The molecule has 1 aromatic heterocycles. The van der Waals surface area contributed by atoms with Crippen LogP contribution in [0.5, 0.6) is 0 Å². The summed E-state index contributed by atoms with van der Waals surface area (Å²) in [6, 6.07) is 1.49. The average Bonchev–Trinajstić information content (AvgIpc) is 3.13. The Kier molecular flexibility index (Phi) is 6.63. The number of carbonyl (C=O) groups excluding carboxylic acids is 2. The maximum absolute atomic E-state index is 12.0. The topological polar surface area (TPSA) is 105 Å². The molecule has 0 aliphatic carbocycles. The first-order chi connectivity index (χ1) is 12.3. The van der Waals surface area contributed by atoms with Crippen LogP contribution in [-0.4, -0.2) is 43.9 Å². The zero-order valence-electron chi connectivity index (χ0n) is 16.1. The lowest BCUT2D eigenvalue weighted by Crippen LogP contribution is -2.48. The van der Waals surface area contributed by atoms with Gasteiger partial charge in [-0.3, -0.25) is 4.79 Å². The summed E-state index contributed by atoms with van der Waals surface area (Å²) in [7, 11) is 1.51. The first-order valence-corrected chi connectivity index (χ1v) is 9.12. The SMILES string of the molecule is CCC1(C(C)(C)COC(=O)NCc2cc(C(=O)NC)no2)CCNCC1. The molecule has 0 aromatic carbocycles. The number of carbonyl (C=O) groups is 2. The molecule has 1 saturated heterocycles. The van der Waals surface area contributed by atoms with Crippen molar-refractivity contribution in [1.29, 1.82) is 0 Å². The number of amides is 2. The van der Waals surface area contributed by atoms with Gasteiger partial charge in [0.15, 0.2) is 11.5 Å². The summed E-state index contributed by atoms with van der Waals surface area (Å²) in [5, 5.41) is 12.1. The molecule has 3 N–H and O–H groups in total. The first kappa shape index (κ1) is 20.2. The van der Waals surface area contributed by atoms with E-state index in [9.17, 15) is 9.59 Å². The van der Waals surface area contributed by atoms with Gasteiger partial charge in [-0.1, -0.05) is 25.9 Å². The molecule has 2 heterocycles. The molecule has 0 radical (unpaired) electrons. The predicted molar refractivity (Wildman–Crippen MR) is 96.7 cm³/mol. The lowest BCUT2D eigenvalue weighted by Gasteiger charge is -2.48. The smallest absolute Gasteiger partial charge is 0.407 e. The third kappa shape index (κ3) is 4.55. The number of ether oxygens (including phenoxy) is 1. The Morgan fingerprint density at radius 3 is 2.69 bits per heavy atom. The largest absolute Gasteiger partial charge is 0.449 e. The van der Waals surface area contributed by atoms with Crippen LogP contribution in [0.3, 0.4) is 0 Å². The highest BCUT2D eigenvalue weighted by Crippen LogP contribution is 2.48. The van der Waals surface area contributed by atoms with Crippen LogP contribution < -0.4 is 16.0 Å². The molecule has 0 bridgehead atoms. The van der Waals surface area contributed by atoms with Crippen molar-refractivity contribution in [3.05, 3.63) is 17.5 Å². The minimum atomic E-state index is -0.504. The number of piperidine rings is 1. The lowest BCUT2D eigenvalue weighted by atomic mass is 9.59. The van der Waals surface area contributed by atoms with Crippen molar-refractivity contribution in [1.82, 2.24) is 21.1 Å². The zero-order valence-corrected chi connectivity index (χ0v) is 16.1. The second kappa shape index (κ2) is 8.53. The number of rotatable bonds is 7. The average molecular weight is 366 g/mol. The van der Waals surface area contributed by atoms with Gasteiger partial charge in [-0.25, -0.2) is 4.79 Å². The van der Waals surface area contributed by atoms with E-state index in [1.54, 1.807) is 0 Å². The molecule has 2 amide bonds. The molecule has 1 aromatic rings. The van der Waals surface area contributed by atoms with Gasteiger partial charge in [-0.2, -0.15) is 0 Å². The molecule has 146 valence electrons. The molecule has 0 atom stereocenters. The van der Waals surface area contributed by atoms with Crippen LogP contribution >= 0.6 is 0 Å². The van der Waals surface area contributed by atoms with E-state index in [-0.39, 0.29) is 29.0 Å². The van der Waals surface area contributed by atoms with E-state index in [2.05, 4.69) is 41.9 Å². The number of nitrogens with zero attached hydrogens (tertiary/aromatic N) is 1. The maximum atomic E-state index is 12.0. The Morgan fingerprint density at radius 1 is 1.38 bits per heavy atom. The molecular weight excluding hydrogens is 336 g/mol. The molecule has 0 saturated carbocycles. The van der Waals surface area contributed by atoms with E-state index in [4.69, 9.17) is 9.26 Å². The van der Waals surface area contributed by atoms with E-state index in [0.717, 1.165) is 32.4 Å². The predicted octanol–water partition coefficient (Wildman–Crippen LogP) is 2.07. The molecule has 8 heteroatoms. The highest BCUT2D eigenvalue weighted by molar-refractivity contribution is 5.91. The van der Waals surface area contributed by atoms with Crippen LogP contribution in [-0.2, 0) is 11.3 Å². The number of hydrogen-bond donors (Lipinski definition) is 3. The summed E-state index contributed by atoms with van der Waals surface area (Å²) >= 11 is 0. The first-order valence-electron chi connectivity index (χ1n) is 9.12. The number of hydrogen-bond acceptors (Lipinski definition) is 6. The van der Waals surface area contributed by atoms with Crippen LogP contribution in [0.25, 0.3) is 0 Å². The van der Waals surface area contributed by atoms with E-state index in [0.29, 0.717) is 12.4 Å². The Balaban J connectivity index is 1.83. The van der Waals surface area contributed by atoms with Crippen molar-refractivity contribution in [2.45, 2.75) is 46.6 Å². The molecule has 8 nitrogen and oxygen atoms in total. The fraction of sp³-hybridized carbons (Fsp3) is 0.722. The fourth-order valence-corrected chi connectivity index (χ4v) is 3.65. The molecule has 1 fully saturated rings.